The monoisotopic (exact) mass is 289 g/mol. The molecule has 3 heteroatoms. The van der Waals surface area contributed by atoms with Crippen LogP contribution < -0.4 is 0 Å². The van der Waals surface area contributed by atoms with Crippen LogP contribution in [-0.2, 0) is 0 Å². The van der Waals surface area contributed by atoms with Gasteiger partial charge in [0.15, 0.2) is 5.78 Å². The highest BCUT2D eigenvalue weighted by Gasteiger charge is 2.16. The minimum atomic E-state index is -0.348. The van der Waals surface area contributed by atoms with Crippen molar-refractivity contribution in [3.8, 4) is 0 Å². The average molecular weight is 289 g/mol. The summed E-state index contributed by atoms with van der Waals surface area (Å²) < 4.78 is 13.5. The van der Waals surface area contributed by atoms with Gasteiger partial charge in [0.05, 0.1) is 0 Å². The molecule has 22 heavy (non-hydrogen) atoms. The van der Waals surface area contributed by atoms with Crippen molar-refractivity contribution in [2.24, 2.45) is 0 Å². The van der Waals surface area contributed by atoms with Gasteiger partial charge in [-0.15, -0.1) is 0 Å². The maximum Gasteiger partial charge on any atom is 0.195 e. The first kappa shape index (κ1) is 12.8. The molecule has 0 aliphatic carbocycles. The van der Waals surface area contributed by atoms with Gasteiger partial charge in [-0.2, -0.15) is 0 Å². The van der Waals surface area contributed by atoms with Crippen LogP contribution in [0.1, 0.15) is 15.9 Å². The Hall–Kier alpha value is -2.94. The lowest BCUT2D eigenvalue weighted by atomic mass is 9.97. The molecule has 4 rings (SSSR count). The van der Waals surface area contributed by atoms with Gasteiger partial charge < -0.3 is 4.98 Å². The fraction of sp³-hybridized carbons (Fsp3) is 0. The van der Waals surface area contributed by atoms with Crippen molar-refractivity contribution in [2.75, 3.05) is 0 Å². The number of carbonyl (C=O) groups excluding carboxylic acids is 1. The summed E-state index contributed by atoms with van der Waals surface area (Å²) in [6.07, 6.45) is 1.65. The Morgan fingerprint density at radius 2 is 1.68 bits per heavy atom. The number of aromatic amines is 1. The van der Waals surface area contributed by atoms with Crippen LogP contribution in [0.2, 0.25) is 0 Å². The molecule has 0 spiro atoms. The summed E-state index contributed by atoms with van der Waals surface area (Å²) in [5.41, 5.74) is 1.87. The van der Waals surface area contributed by atoms with Crippen molar-refractivity contribution in [1.82, 2.24) is 4.98 Å². The Bertz CT molecular complexity index is 1010. The highest BCUT2D eigenvalue weighted by atomic mass is 19.1. The van der Waals surface area contributed by atoms with E-state index < -0.39 is 0 Å². The predicted octanol–water partition coefficient (Wildman–Crippen LogP) is 4.69. The van der Waals surface area contributed by atoms with E-state index in [1.165, 1.54) is 12.1 Å². The highest BCUT2D eigenvalue weighted by Crippen LogP contribution is 2.26. The van der Waals surface area contributed by atoms with E-state index in [4.69, 9.17) is 0 Å². The summed E-state index contributed by atoms with van der Waals surface area (Å²) in [5, 5.41) is 2.53. The SMILES string of the molecule is O=C(c1cccc2ccccc12)c1c[nH]c2ccc(F)cc12. The van der Waals surface area contributed by atoms with Gasteiger partial charge in [-0.1, -0.05) is 42.5 Å². The van der Waals surface area contributed by atoms with E-state index in [1.54, 1.807) is 12.3 Å². The smallest absolute Gasteiger partial charge is 0.195 e. The summed E-state index contributed by atoms with van der Waals surface area (Å²) in [6.45, 7) is 0. The van der Waals surface area contributed by atoms with E-state index in [1.807, 2.05) is 42.5 Å². The van der Waals surface area contributed by atoms with Crippen molar-refractivity contribution < 1.29 is 9.18 Å². The van der Waals surface area contributed by atoms with Crippen LogP contribution >= 0.6 is 0 Å². The molecule has 2 nitrogen and oxygen atoms in total. The van der Waals surface area contributed by atoms with Crippen molar-refractivity contribution in [3.63, 3.8) is 0 Å². The second kappa shape index (κ2) is 4.81. The van der Waals surface area contributed by atoms with Crippen LogP contribution in [0.4, 0.5) is 4.39 Å². The van der Waals surface area contributed by atoms with E-state index in [0.717, 1.165) is 16.3 Å². The molecule has 0 radical (unpaired) electrons. The second-order valence-corrected chi connectivity index (χ2v) is 5.25. The Balaban J connectivity index is 1.94. The van der Waals surface area contributed by atoms with Gasteiger partial charge in [0.25, 0.3) is 0 Å². The first-order valence-electron chi connectivity index (χ1n) is 7.03. The van der Waals surface area contributed by atoms with Crippen molar-refractivity contribution in [2.45, 2.75) is 0 Å². The molecular weight excluding hydrogens is 277 g/mol. The van der Waals surface area contributed by atoms with Crippen LogP contribution in [-0.4, -0.2) is 10.8 Å². The molecule has 106 valence electrons. The first-order valence-corrected chi connectivity index (χ1v) is 7.03. The normalized spacial score (nSPS) is 11.1. The Kier molecular flexibility index (Phi) is 2.79. The zero-order valence-electron chi connectivity index (χ0n) is 11.6. The summed E-state index contributed by atoms with van der Waals surface area (Å²) in [6, 6.07) is 17.8. The third-order valence-electron chi connectivity index (χ3n) is 3.92. The Labute approximate surface area is 126 Å². The van der Waals surface area contributed by atoms with Crippen LogP contribution in [0.5, 0.6) is 0 Å². The van der Waals surface area contributed by atoms with Gasteiger partial charge >= 0.3 is 0 Å². The average Bonchev–Trinajstić information content (AvgIpc) is 2.96. The molecule has 0 unspecified atom stereocenters. The van der Waals surface area contributed by atoms with Gasteiger partial charge in [-0.05, 0) is 29.0 Å². The van der Waals surface area contributed by atoms with Crippen LogP contribution in [0.15, 0.2) is 66.9 Å². The Morgan fingerprint density at radius 3 is 2.59 bits per heavy atom. The van der Waals surface area contributed by atoms with Crippen molar-refractivity contribution in [3.05, 3.63) is 83.8 Å². The number of fused-ring (bicyclic) bond motifs is 2. The molecule has 0 fully saturated rings. The summed E-state index contributed by atoms with van der Waals surface area (Å²) in [5.74, 6) is -0.451. The molecule has 0 saturated heterocycles. The number of halogens is 1. The molecule has 0 aliphatic heterocycles. The van der Waals surface area contributed by atoms with E-state index in [9.17, 15) is 9.18 Å². The van der Waals surface area contributed by atoms with E-state index in [2.05, 4.69) is 4.98 Å². The number of hydrogen-bond acceptors (Lipinski definition) is 1. The largest absolute Gasteiger partial charge is 0.360 e. The number of aromatic nitrogens is 1. The molecule has 1 aromatic heterocycles. The molecule has 0 atom stereocenters. The summed E-state index contributed by atoms with van der Waals surface area (Å²) in [4.78, 5) is 15.9. The molecular formula is C19H12FNO. The number of benzene rings is 3. The minimum absolute atomic E-state index is 0.103. The quantitative estimate of drug-likeness (QED) is 0.533. The van der Waals surface area contributed by atoms with E-state index in [0.29, 0.717) is 16.5 Å². The molecule has 0 amide bonds. The fourth-order valence-corrected chi connectivity index (χ4v) is 2.85. The lowest BCUT2D eigenvalue weighted by Crippen LogP contribution is -2.01. The van der Waals surface area contributed by atoms with Gasteiger partial charge in [0.1, 0.15) is 5.82 Å². The molecule has 0 aliphatic rings. The van der Waals surface area contributed by atoms with E-state index >= 15 is 0 Å². The number of rotatable bonds is 2. The van der Waals surface area contributed by atoms with Gasteiger partial charge in [0.2, 0.25) is 0 Å². The van der Waals surface area contributed by atoms with Crippen LogP contribution in [0.3, 0.4) is 0 Å². The molecule has 0 bridgehead atoms. The Morgan fingerprint density at radius 1 is 0.864 bits per heavy atom. The van der Waals surface area contributed by atoms with Crippen LogP contribution in [0.25, 0.3) is 21.7 Å². The first-order chi connectivity index (χ1) is 10.7. The lowest BCUT2D eigenvalue weighted by Gasteiger charge is -2.05. The fourth-order valence-electron chi connectivity index (χ4n) is 2.85. The number of hydrogen-bond donors (Lipinski definition) is 1. The molecule has 1 heterocycles. The molecule has 1 N–H and O–H groups in total. The number of H-pyrrole nitrogens is 1. The lowest BCUT2D eigenvalue weighted by molar-refractivity contribution is 0.104. The van der Waals surface area contributed by atoms with Crippen molar-refractivity contribution in [1.29, 1.82) is 0 Å². The second-order valence-electron chi connectivity index (χ2n) is 5.25. The third-order valence-corrected chi connectivity index (χ3v) is 3.92. The number of nitrogens with one attached hydrogen (secondary N) is 1. The summed E-state index contributed by atoms with van der Waals surface area (Å²) >= 11 is 0. The van der Waals surface area contributed by atoms with Gasteiger partial charge in [0, 0.05) is 28.2 Å². The third kappa shape index (κ3) is 1.91. The van der Waals surface area contributed by atoms with Gasteiger partial charge in [-0.25, -0.2) is 4.39 Å². The van der Waals surface area contributed by atoms with Gasteiger partial charge in [-0.3, -0.25) is 4.79 Å². The zero-order valence-corrected chi connectivity index (χ0v) is 11.6. The highest BCUT2D eigenvalue weighted by molar-refractivity contribution is 6.21. The van der Waals surface area contributed by atoms with E-state index in [-0.39, 0.29) is 11.6 Å². The predicted molar refractivity (Wildman–Crippen MR) is 85.6 cm³/mol. The standard InChI is InChI=1S/C19H12FNO/c20-13-8-9-18-16(10-13)17(11-21-18)19(22)15-7-3-5-12-4-1-2-6-14(12)15/h1-11,21H. The molecule has 0 saturated carbocycles. The zero-order chi connectivity index (χ0) is 15.1. The number of ketones is 1. The minimum Gasteiger partial charge on any atom is -0.360 e. The number of carbonyl (C=O) groups is 1. The maximum absolute atomic E-state index is 13.5. The molecule has 4 aromatic rings. The van der Waals surface area contributed by atoms with Crippen molar-refractivity contribution >= 4 is 27.5 Å². The topological polar surface area (TPSA) is 32.9 Å². The molecule has 3 aromatic carbocycles. The van der Waals surface area contributed by atoms with Crippen LogP contribution in [0, 0.1) is 5.82 Å². The summed E-state index contributed by atoms with van der Waals surface area (Å²) in [7, 11) is 0. The maximum atomic E-state index is 13.5.